The van der Waals surface area contributed by atoms with E-state index >= 15 is 0 Å². The van der Waals surface area contributed by atoms with Crippen LogP contribution >= 0.6 is 0 Å². The molecule has 31 heavy (non-hydrogen) atoms. The molecule has 3 aliphatic carbocycles. The Balaban J connectivity index is 1.39. The highest BCUT2D eigenvalue weighted by Crippen LogP contribution is 2.62. The number of nitrogens with zero attached hydrogens (tertiary/aromatic N) is 2. The van der Waals surface area contributed by atoms with Gasteiger partial charge in [-0.3, -0.25) is 4.79 Å². The normalized spacial score (nSPS) is 29.8. The largest absolute Gasteiger partial charge is 0.462 e. The highest BCUT2D eigenvalue weighted by molar-refractivity contribution is 5.89. The molecule has 1 heterocycles. The number of carbonyl (C=O) groups is 2. The second-order valence-corrected chi connectivity index (χ2v) is 10.4. The van der Waals surface area contributed by atoms with Crippen LogP contribution < -0.4 is 4.90 Å². The maximum absolute atomic E-state index is 12.7. The third kappa shape index (κ3) is 3.96. The summed E-state index contributed by atoms with van der Waals surface area (Å²) in [5.41, 5.74) is 2.17. The molecule has 0 unspecified atom stereocenters. The van der Waals surface area contributed by atoms with Crippen molar-refractivity contribution in [2.24, 2.45) is 23.2 Å². The van der Waals surface area contributed by atoms with Gasteiger partial charge in [0.2, 0.25) is 5.91 Å². The number of hydrogen-bond acceptors (Lipinski definition) is 4. The SMILES string of the molecule is CCOC(=O)c1ccc(N2CCC(N(C(C)=O)[C@H]3C[C@@H]4C[C@@H]([C@H]3C)C4(C)C)CC2)cc1. The molecule has 170 valence electrons. The van der Waals surface area contributed by atoms with Gasteiger partial charge >= 0.3 is 5.97 Å². The van der Waals surface area contributed by atoms with Crippen LogP contribution in [0.4, 0.5) is 5.69 Å². The minimum atomic E-state index is -0.271. The molecule has 3 saturated carbocycles. The minimum absolute atomic E-state index is 0.244. The van der Waals surface area contributed by atoms with Crippen molar-refractivity contribution >= 4 is 17.6 Å². The van der Waals surface area contributed by atoms with Crippen molar-refractivity contribution in [1.82, 2.24) is 4.90 Å². The topological polar surface area (TPSA) is 49.9 Å². The van der Waals surface area contributed by atoms with Crippen molar-refractivity contribution in [2.75, 3.05) is 24.6 Å². The predicted octanol–water partition coefficient (Wildman–Crippen LogP) is 4.75. The second-order valence-electron chi connectivity index (χ2n) is 10.4. The Labute approximate surface area is 187 Å². The van der Waals surface area contributed by atoms with Crippen molar-refractivity contribution in [1.29, 1.82) is 0 Å². The van der Waals surface area contributed by atoms with E-state index in [2.05, 4.69) is 30.6 Å². The molecule has 5 rings (SSSR count). The highest BCUT2D eigenvalue weighted by Gasteiger charge is 2.58. The Morgan fingerprint density at radius 2 is 1.77 bits per heavy atom. The molecular weight excluding hydrogens is 388 g/mol. The maximum atomic E-state index is 12.7. The Morgan fingerprint density at radius 1 is 1.13 bits per heavy atom. The van der Waals surface area contributed by atoms with Crippen LogP contribution in [0.1, 0.15) is 70.7 Å². The lowest BCUT2D eigenvalue weighted by Gasteiger charge is -2.64. The quantitative estimate of drug-likeness (QED) is 0.638. The van der Waals surface area contributed by atoms with Gasteiger partial charge < -0.3 is 14.5 Å². The Hall–Kier alpha value is -2.04. The summed E-state index contributed by atoms with van der Waals surface area (Å²) >= 11 is 0. The van der Waals surface area contributed by atoms with E-state index in [4.69, 9.17) is 4.74 Å². The lowest BCUT2D eigenvalue weighted by atomic mass is 9.44. The summed E-state index contributed by atoms with van der Waals surface area (Å²) in [7, 11) is 0. The predicted molar refractivity (Wildman–Crippen MR) is 123 cm³/mol. The molecule has 2 bridgehead atoms. The van der Waals surface area contributed by atoms with E-state index in [1.54, 1.807) is 6.92 Å². The van der Waals surface area contributed by atoms with Crippen molar-refractivity contribution in [3.05, 3.63) is 29.8 Å². The minimum Gasteiger partial charge on any atom is -0.462 e. The van der Waals surface area contributed by atoms with Gasteiger partial charge in [-0.1, -0.05) is 20.8 Å². The molecule has 0 N–H and O–H groups in total. The van der Waals surface area contributed by atoms with Crippen molar-refractivity contribution < 1.29 is 14.3 Å². The van der Waals surface area contributed by atoms with Gasteiger partial charge in [0.1, 0.15) is 0 Å². The number of benzene rings is 1. The summed E-state index contributed by atoms with van der Waals surface area (Å²) in [6, 6.07) is 8.44. The maximum Gasteiger partial charge on any atom is 0.338 e. The van der Waals surface area contributed by atoms with Crippen molar-refractivity contribution in [3.8, 4) is 0 Å². The molecule has 1 aromatic rings. The molecular formula is C26H38N2O3. The number of anilines is 1. The molecule has 1 saturated heterocycles. The zero-order chi connectivity index (χ0) is 22.3. The summed E-state index contributed by atoms with van der Waals surface area (Å²) in [6.07, 6.45) is 4.51. The standard InChI is InChI=1S/C26H38N2O3/c1-6-31-25(30)19-7-9-21(10-8-19)27-13-11-22(12-14-27)28(18(3)29)24-16-20-15-23(17(24)2)26(20,4)5/h7-10,17,20,22-24H,6,11-16H2,1-5H3/t17-,20+,23+,24+/m1/s1. The zero-order valence-electron chi connectivity index (χ0n) is 19.8. The lowest BCUT2D eigenvalue weighted by Crippen LogP contribution is -2.63. The van der Waals surface area contributed by atoms with Gasteiger partial charge in [0.25, 0.3) is 0 Å². The first-order valence-corrected chi connectivity index (χ1v) is 12.0. The van der Waals surface area contributed by atoms with Gasteiger partial charge in [0.05, 0.1) is 12.2 Å². The van der Waals surface area contributed by atoms with Crippen LogP contribution in [0, 0.1) is 23.2 Å². The summed E-state index contributed by atoms with van der Waals surface area (Å²) in [6.45, 7) is 13.1. The number of ether oxygens (including phenoxy) is 1. The number of amides is 1. The van der Waals surface area contributed by atoms with Crippen molar-refractivity contribution in [3.63, 3.8) is 0 Å². The van der Waals surface area contributed by atoms with Crippen LogP contribution in [0.15, 0.2) is 24.3 Å². The number of hydrogen-bond donors (Lipinski definition) is 0. The van der Waals surface area contributed by atoms with E-state index in [1.165, 1.54) is 12.8 Å². The molecule has 0 aromatic heterocycles. The Kier molecular flexibility index (Phi) is 6.06. The summed E-state index contributed by atoms with van der Waals surface area (Å²) < 4.78 is 5.08. The molecule has 1 aliphatic heterocycles. The van der Waals surface area contributed by atoms with Crippen LogP contribution in [-0.2, 0) is 9.53 Å². The van der Waals surface area contributed by atoms with Gasteiger partial charge in [0, 0.05) is 37.8 Å². The summed E-state index contributed by atoms with van der Waals surface area (Å²) in [5, 5.41) is 0. The monoisotopic (exact) mass is 426 g/mol. The molecule has 4 fully saturated rings. The fraction of sp³-hybridized carbons (Fsp3) is 0.692. The second kappa shape index (κ2) is 8.48. The molecule has 4 atom stereocenters. The number of carbonyl (C=O) groups excluding carboxylic acids is 2. The number of esters is 1. The first-order chi connectivity index (χ1) is 14.7. The number of fused-ring (bicyclic) bond motifs is 2. The molecule has 4 aliphatic rings. The highest BCUT2D eigenvalue weighted by atomic mass is 16.5. The van der Waals surface area contributed by atoms with E-state index in [-0.39, 0.29) is 11.9 Å². The van der Waals surface area contributed by atoms with Crippen LogP contribution in [0.5, 0.6) is 0 Å². The average Bonchev–Trinajstić information content (AvgIpc) is 2.75. The third-order valence-corrected chi connectivity index (χ3v) is 8.64. The van der Waals surface area contributed by atoms with Gasteiger partial charge in [-0.2, -0.15) is 0 Å². The van der Waals surface area contributed by atoms with Gasteiger partial charge in [0.15, 0.2) is 0 Å². The average molecular weight is 427 g/mol. The van der Waals surface area contributed by atoms with E-state index in [0.717, 1.165) is 43.5 Å². The van der Waals surface area contributed by atoms with E-state index in [0.29, 0.717) is 35.6 Å². The van der Waals surface area contributed by atoms with E-state index in [1.807, 2.05) is 31.2 Å². The van der Waals surface area contributed by atoms with Gasteiger partial charge in [-0.05, 0) is 80.0 Å². The van der Waals surface area contributed by atoms with Crippen molar-refractivity contribution in [2.45, 2.75) is 72.4 Å². The molecule has 1 aromatic carbocycles. The lowest BCUT2D eigenvalue weighted by molar-refractivity contribution is -0.162. The Morgan fingerprint density at radius 3 is 2.29 bits per heavy atom. The van der Waals surface area contributed by atoms with E-state index < -0.39 is 0 Å². The fourth-order valence-electron chi connectivity index (χ4n) is 6.68. The van der Waals surface area contributed by atoms with Crippen LogP contribution in [0.3, 0.4) is 0 Å². The first kappa shape index (κ1) is 22.2. The number of piperidine rings is 1. The van der Waals surface area contributed by atoms with Crippen LogP contribution in [0.25, 0.3) is 0 Å². The van der Waals surface area contributed by atoms with Gasteiger partial charge in [-0.25, -0.2) is 4.79 Å². The summed E-state index contributed by atoms with van der Waals surface area (Å²) in [5.74, 6) is 2.06. The van der Waals surface area contributed by atoms with Crippen LogP contribution in [0.2, 0.25) is 0 Å². The molecule has 0 spiro atoms. The summed E-state index contributed by atoms with van der Waals surface area (Å²) in [4.78, 5) is 29.3. The molecule has 5 heteroatoms. The van der Waals surface area contributed by atoms with Crippen LogP contribution in [-0.4, -0.2) is 48.6 Å². The number of rotatable bonds is 5. The molecule has 0 radical (unpaired) electrons. The third-order valence-electron chi connectivity index (χ3n) is 8.64. The molecule has 1 amide bonds. The smallest absolute Gasteiger partial charge is 0.338 e. The van der Waals surface area contributed by atoms with Gasteiger partial charge in [-0.15, -0.1) is 0 Å². The molecule has 5 nitrogen and oxygen atoms in total. The first-order valence-electron chi connectivity index (χ1n) is 12.0. The fourth-order valence-corrected chi connectivity index (χ4v) is 6.68. The Bertz CT molecular complexity index is 810. The van der Waals surface area contributed by atoms with E-state index in [9.17, 15) is 9.59 Å². The zero-order valence-corrected chi connectivity index (χ0v) is 19.8.